The maximum Gasteiger partial charge on any atom is 0.244 e. The van der Waals surface area contributed by atoms with Crippen LogP contribution in [0.25, 0.3) is 0 Å². The minimum atomic E-state index is -0.0487. The third-order valence-electron chi connectivity index (χ3n) is 6.02. The van der Waals surface area contributed by atoms with Gasteiger partial charge < -0.3 is 9.80 Å². The number of hydrogen-bond acceptors (Lipinski definition) is 3. The van der Waals surface area contributed by atoms with Crippen molar-refractivity contribution in [3.05, 3.63) is 65.7 Å². The van der Waals surface area contributed by atoms with Crippen LogP contribution in [-0.2, 0) is 17.6 Å². The first-order chi connectivity index (χ1) is 13.2. The Kier molecular flexibility index (Phi) is 5.55. The second-order valence-corrected chi connectivity index (χ2v) is 7.66. The number of anilines is 1. The fourth-order valence-corrected chi connectivity index (χ4v) is 4.26. The van der Waals surface area contributed by atoms with E-state index >= 15 is 0 Å². The van der Waals surface area contributed by atoms with Crippen LogP contribution in [0.4, 0.5) is 5.69 Å². The van der Waals surface area contributed by atoms with Gasteiger partial charge in [-0.3, -0.25) is 9.69 Å². The Balaban J connectivity index is 1.28. The SMILES string of the molecule is C[C@H](C(=O)N1CCc2ccccc21)N1CCN(CCc2ccccc2)CC1. The largest absolute Gasteiger partial charge is 0.310 e. The van der Waals surface area contributed by atoms with Crippen LogP contribution < -0.4 is 4.90 Å². The maximum atomic E-state index is 13.1. The summed E-state index contributed by atoms with van der Waals surface area (Å²) in [5.74, 6) is 0.248. The summed E-state index contributed by atoms with van der Waals surface area (Å²) in [5.41, 5.74) is 3.80. The highest BCUT2D eigenvalue weighted by molar-refractivity contribution is 5.98. The maximum absolute atomic E-state index is 13.1. The van der Waals surface area contributed by atoms with E-state index in [-0.39, 0.29) is 11.9 Å². The number of fused-ring (bicyclic) bond motifs is 1. The van der Waals surface area contributed by atoms with Gasteiger partial charge >= 0.3 is 0 Å². The van der Waals surface area contributed by atoms with E-state index in [0.717, 1.165) is 57.8 Å². The van der Waals surface area contributed by atoms with Crippen LogP contribution in [0.1, 0.15) is 18.1 Å². The first kappa shape index (κ1) is 18.2. The third-order valence-corrected chi connectivity index (χ3v) is 6.02. The van der Waals surface area contributed by atoms with Crippen LogP contribution in [-0.4, -0.2) is 61.0 Å². The van der Waals surface area contributed by atoms with Crippen molar-refractivity contribution in [3.63, 3.8) is 0 Å². The van der Waals surface area contributed by atoms with E-state index in [2.05, 4.69) is 65.3 Å². The molecule has 0 radical (unpaired) electrons. The van der Waals surface area contributed by atoms with Crippen molar-refractivity contribution in [1.82, 2.24) is 9.80 Å². The minimum absolute atomic E-state index is 0.0487. The predicted octanol–water partition coefficient (Wildman–Crippen LogP) is 2.82. The fourth-order valence-electron chi connectivity index (χ4n) is 4.26. The molecule has 1 atom stereocenters. The smallest absolute Gasteiger partial charge is 0.244 e. The van der Waals surface area contributed by atoms with Gasteiger partial charge in [-0.15, -0.1) is 0 Å². The van der Waals surface area contributed by atoms with Crippen LogP contribution in [0.5, 0.6) is 0 Å². The average Bonchev–Trinajstić information content (AvgIpc) is 3.16. The zero-order valence-corrected chi connectivity index (χ0v) is 16.2. The molecule has 0 bridgehead atoms. The molecule has 142 valence electrons. The first-order valence-corrected chi connectivity index (χ1v) is 10.1. The number of carbonyl (C=O) groups is 1. The summed E-state index contributed by atoms with van der Waals surface area (Å²) in [6, 6.07) is 18.9. The Labute approximate surface area is 162 Å². The van der Waals surface area contributed by atoms with E-state index in [1.165, 1.54) is 11.1 Å². The van der Waals surface area contributed by atoms with E-state index in [0.29, 0.717) is 0 Å². The van der Waals surface area contributed by atoms with Crippen molar-refractivity contribution >= 4 is 11.6 Å². The van der Waals surface area contributed by atoms with Crippen molar-refractivity contribution in [1.29, 1.82) is 0 Å². The van der Waals surface area contributed by atoms with Gasteiger partial charge in [0.1, 0.15) is 0 Å². The quantitative estimate of drug-likeness (QED) is 0.817. The molecular formula is C23H29N3O. The standard InChI is InChI=1S/C23H29N3O/c1-19(23(27)26-14-12-21-9-5-6-10-22(21)26)25-17-15-24(16-18-25)13-11-20-7-3-2-4-8-20/h2-10,19H,11-18H2,1H3/t19-/m1/s1. The number of rotatable bonds is 5. The molecule has 4 nitrogen and oxygen atoms in total. The van der Waals surface area contributed by atoms with E-state index in [4.69, 9.17) is 0 Å². The molecule has 1 amide bonds. The molecule has 0 aromatic heterocycles. The predicted molar refractivity (Wildman–Crippen MR) is 110 cm³/mol. The van der Waals surface area contributed by atoms with E-state index < -0.39 is 0 Å². The number of piperazine rings is 1. The first-order valence-electron chi connectivity index (χ1n) is 10.1. The third kappa shape index (κ3) is 4.07. The molecule has 27 heavy (non-hydrogen) atoms. The Morgan fingerprint density at radius 3 is 2.41 bits per heavy atom. The second kappa shape index (κ2) is 8.24. The average molecular weight is 364 g/mol. The molecule has 2 aromatic rings. The number of benzene rings is 2. The van der Waals surface area contributed by atoms with Crippen LogP contribution in [0.2, 0.25) is 0 Å². The summed E-state index contributed by atoms with van der Waals surface area (Å²) in [4.78, 5) is 19.9. The number of amides is 1. The molecule has 0 saturated carbocycles. The highest BCUT2D eigenvalue weighted by atomic mass is 16.2. The van der Waals surface area contributed by atoms with Gasteiger partial charge in [0.15, 0.2) is 0 Å². The summed E-state index contributed by atoms with van der Waals surface area (Å²) in [5, 5.41) is 0. The van der Waals surface area contributed by atoms with Gasteiger partial charge in [-0.1, -0.05) is 48.5 Å². The molecule has 2 aliphatic heterocycles. The Hall–Kier alpha value is -2.17. The van der Waals surface area contributed by atoms with E-state index in [1.807, 2.05) is 11.0 Å². The van der Waals surface area contributed by atoms with Crippen LogP contribution >= 0.6 is 0 Å². The molecule has 1 saturated heterocycles. The lowest BCUT2D eigenvalue weighted by atomic mass is 10.1. The zero-order valence-electron chi connectivity index (χ0n) is 16.2. The van der Waals surface area contributed by atoms with Crippen molar-refractivity contribution < 1.29 is 4.79 Å². The number of nitrogens with zero attached hydrogens (tertiary/aromatic N) is 3. The molecule has 0 N–H and O–H groups in total. The van der Waals surface area contributed by atoms with Gasteiger partial charge in [0.25, 0.3) is 0 Å². The lowest BCUT2D eigenvalue weighted by molar-refractivity contribution is -0.123. The van der Waals surface area contributed by atoms with Crippen molar-refractivity contribution in [3.8, 4) is 0 Å². The summed E-state index contributed by atoms with van der Waals surface area (Å²) in [6.07, 6.45) is 2.07. The topological polar surface area (TPSA) is 26.8 Å². The Morgan fingerprint density at radius 2 is 1.63 bits per heavy atom. The highest BCUT2D eigenvalue weighted by Gasteiger charge is 2.32. The minimum Gasteiger partial charge on any atom is -0.310 e. The van der Waals surface area contributed by atoms with Gasteiger partial charge in [-0.25, -0.2) is 0 Å². The Morgan fingerprint density at radius 1 is 0.926 bits per heavy atom. The Bertz CT molecular complexity index is 768. The number of hydrogen-bond donors (Lipinski definition) is 0. The lowest BCUT2D eigenvalue weighted by Crippen LogP contribution is -2.54. The van der Waals surface area contributed by atoms with Crippen molar-refractivity contribution in [2.24, 2.45) is 0 Å². The zero-order chi connectivity index (χ0) is 18.6. The molecule has 2 aromatic carbocycles. The molecule has 0 unspecified atom stereocenters. The van der Waals surface area contributed by atoms with Crippen LogP contribution in [0.15, 0.2) is 54.6 Å². The van der Waals surface area contributed by atoms with Gasteiger partial charge in [-0.2, -0.15) is 0 Å². The molecule has 0 spiro atoms. The van der Waals surface area contributed by atoms with Gasteiger partial charge in [-0.05, 0) is 37.0 Å². The molecule has 4 rings (SSSR count). The van der Waals surface area contributed by atoms with Crippen molar-refractivity contribution in [2.75, 3.05) is 44.2 Å². The molecule has 2 heterocycles. The van der Waals surface area contributed by atoms with E-state index in [9.17, 15) is 4.79 Å². The van der Waals surface area contributed by atoms with Gasteiger partial charge in [0.2, 0.25) is 5.91 Å². The molecule has 0 aliphatic carbocycles. The summed E-state index contributed by atoms with van der Waals surface area (Å²) >= 11 is 0. The molecule has 2 aliphatic rings. The molecular weight excluding hydrogens is 334 g/mol. The van der Waals surface area contributed by atoms with Gasteiger partial charge in [0.05, 0.1) is 6.04 Å². The molecule has 1 fully saturated rings. The van der Waals surface area contributed by atoms with Crippen LogP contribution in [0.3, 0.4) is 0 Å². The van der Waals surface area contributed by atoms with Crippen molar-refractivity contribution in [2.45, 2.75) is 25.8 Å². The highest BCUT2D eigenvalue weighted by Crippen LogP contribution is 2.28. The van der Waals surface area contributed by atoms with E-state index in [1.54, 1.807) is 0 Å². The number of para-hydroxylation sites is 1. The number of carbonyl (C=O) groups excluding carboxylic acids is 1. The van der Waals surface area contributed by atoms with Crippen LogP contribution in [0, 0.1) is 0 Å². The molecule has 4 heteroatoms. The lowest BCUT2D eigenvalue weighted by Gasteiger charge is -2.38. The summed E-state index contributed by atoms with van der Waals surface area (Å²) < 4.78 is 0. The monoisotopic (exact) mass is 363 g/mol. The van der Waals surface area contributed by atoms with Gasteiger partial charge in [0, 0.05) is 45.0 Å². The summed E-state index contributed by atoms with van der Waals surface area (Å²) in [6.45, 7) is 8.01. The normalized spacial score (nSPS) is 19.1. The fraction of sp³-hybridized carbons (Fsp3) is 0.435. The second-order valence-electron chi connectivity index (χ2n) is 7.66. The summed E-state index contributed by atoms with van der Waals surface area (Å²) in [7, 11) is 0.